The normalized spacial score (nSPS) is 11.1. The lowest BCUT2D eigenvalue weighted by atomic mass is 10.2. The molecule has 6 nitrogen and oxygen atoms in total. The summed E-state index contributed by atoms with van der Waals surface area (Å²) < 4.78 is 5.73. The van der Waals surface area contributed by atoms with Crippen LogP contribution in [-0.2, 0) is 0 Å². The lowest BCUT2D eigenvalue weighted by Crippen LogP contribution is -2.17. The lowest BCUT2D eigenvalue weighted by molar-refractivity contribution is 0.0958. The number of ether oxygens (including phenoxy) is 1. The van der Waals surface area contributed by atoms with E-state index in [0.717, 1.165) is 22.6 Å². The van der Waals surface area contributed by atoms with Crippen LogP contribution in [0.1, 0.15) is 34.8 Å². The third-order valence-electron chi connectivity index (χ3n) is 2.88. The van der Waals surface area contributed by atoms with Crippen molar-refractivity contribution in [1.29, 1.82) is 0 Å². The number of hydrogen-bond acceptors (Lipinski definition) is 6. The van der Waals surface area contributed by atoms with Crippen LogP contribution in [-0.4, -0.2) is 23.7 Å². The van der Waals surface area contributed by atoms with Gasteiger partial charge in [0, 0.05) is 5.56 Å². The summed E-state index contributed by atoms with van der Waals surface area (Å²) in [5.41, 5.74) is 9.47. The molecule has 0 aliphatic rings. The Kier molecular flexibility index (Phi) is 5.70. The van der Waals surface area contributed by atoms with Crippen LogP contribution in [0.2, 0.25) is 0 Å². The van der Waals surface area contributed by atoms with E-state index >= 15 is 0 Å². The molecule has 0 spiro atoms. The Morgan fingerprint density at radius 3 is 2.87 bits per heavy atom. The van der Waals surface area contributed by atoms with E-state index in [0.29, 0.717) is 28.2 Å². The molecule has 1 amide bonds. The maximum atomic E-state index is 12.0. The van der Waals surface area contributed by atoms with Crippen LogP contribution >= 0.6 is 11.3 Å². The number of thiazole rings is 1. The molecule has 1 aromatic carbocycles. The van der Waals surface area contributed by atoms with Crippen molar-refractivity contribution >= 4 is 28.6 Å². The Balaban J connectivity index is 2.03. The summed E-state index contributed by atoms with van der Waals surface area (Å²) in [6.07, 6.45) is 1.56. The van der Waals surface area contributed by atoms with Gasteiger partial charge in [0.1, 0.15) is 10.6 Å². The number of nitrogens with zero attached hydrogens (tertiary/aromatic N) is 2. The highest BCUT2D eigenvalue weighted by molar-refractivity contribution is 7.17. The third kappa shape index (κ3) is 4.79. The fourth-order valence-corrected chi connectivity index (χ4v) is 2.54. The summed E-state index contributed by atoms with van der Waals surface area (Å²) in [7, 11) is 0. The Morgan fingerprint density at radius 2 is 2.22 bits per heavy atom. The van der Waals surface area contributed by atoms with Crippen LogP contribution in [0, 0.1) is 12.8 Å². The predicted molar refractivity (Wildman–Crippen MR) is 93.1 cm³/mol. The highest BCUT2D eigenvalue weighted by atomic mass is 32.1. The molecule has 2 aromatic rings. The second-order valence-electron chi connectivity index (χ2n) is 5.41. The molecule has 0 aliphatic heterocycles. The lowest BCUT2D eigenvalue weighted by Gasteiger charge is -2.10. The SMILES string of the molecule is Cc1nc(N)sc1C(=O)NN=Cc1ccccc1OCC(C)C. The van der Waals surface area contributed by atoms with Gasteiger partial charge in [-0.05, 0) is 25.0 Å². The van der Waals surface area contributed by atoms with E-state index in [9.17, 15) is 4.79 Å². The number of para-hydroxylation sites is 1. The smallest absolute Gasteiger partial charge is 0.283 e. The van der Waals surface area contributed by atoms with Crippen molar-refractivity contribution in [2.24, 2.45) is 11.0 Å². The first kappa shape index (κ1) is 17.0. The number of rotatable bonds is 6. The summed E-state index contributed by atoms with van der Waals surface area (Å²) in [4.78, 5) is 16.5. The molecule has 0 fully saturated rings. The standard InChI is InChI=1S/C16H20N4O2S/c1-10(2)9-22-13-7-5-4-6-12(13)8-18-20-15(21)14-11(3)19-16(17)23-14/h4-8,10H,9H2,1-3H3,(H2,17,19)(H,20,21). The first-order chi connectivity index (χ1) is 11.0. The van der Waals surface area contributed by atoms with Gasteiger partial charge in [-0.2, -0.15) is 5.10 Å². The molecule has 1 aromatic heterocycles. The number of aromatic nitrogens is 1. The number of aryl methyl sites for hydroxylation is 1. The van der Waals surface area contributed by atoms with Crippen molar-refractivity contribution in [2.75, 3.05) is 12.3 Å². The summed E-state index contributed by atoms with van der Waals surface area (Å²) in [6, 6.07) is 7.54. The van der Waals surface area contributed by atoms with Crippen molar-refractivity contribution in [3.63, 3.8) is 0 Å². The highest BCUT2D eigenvalue weighted by Gasteiger charge is 2.13. The van der Waals surface area contributed by atoms with Gasteiger partial charge in [0.2, 0.25) is 0 Å². The zero-order valence-corrected chi connectivity index (χ0v) is 14.2. The van der Waals surface area contributed by atoms with Crippen molar-refractivity contribution < 1.29 is 9.53 Å². The highest BCUT2D eigenvalue weighted by Crippen LogP contribution is 2.19. The Labute approximate surface area is 139 Å². The molecule has 0 bridgehead atoms. The molecule has 23 heavy (non-hydrogen) atoms. The molecule has 0 aliphatic carbocycles. The minimum absolute atomic E-state index is 0.325. The van der Waals surface area contributed by atoms with Crippen LogP contribution in [0.15, 0.2) is 29.4 Å². The Hall–Kier alpha value is -2.41. The topological polar surface area (TPSA) is 89.6 Å². The molecule has 0 atom stereocenters. The third-order valence-corrected chi connectivity index (χ3v) is 3.87. The van der Waals surface area contributed by atoms with E-state index in [1.807, 2.05) is 24.3 Å². The number of carbonyl (C=O) groups is 1. The van der Waals surface area contributed by atoms with Crippen molar-refractivity contribution in [3.8, 4) is 5.75 Å². The Bertz CT molecular complexity index is 710. The number of carbonyl (C=O) groups excluding carboxylic acids is 1. The van der Waals surface area contributed by atoms with Crippen LogP contribution in [0.5, 0.6) is 5.75 Å². The molecule has 2 rings (SSSR count). The van der Waals surface area contributed by atoms with E-state index in [4.69, 9.17) is 10.5 Å². The van der Waals surface area contributed by atoms with E-state index in [-0.39, 0.29) is 5.91 Å². The van der Waals surface area contributed by atoms with E-state index in [1.165, 1.54) is 0 Å². The monoisotopic (exact) mass is 332 g/mol. The van der Waals surface area contributed by atoms with Crippen LogP contribution < -0.4 is 15.9 Å². The quantitative estimate of drug-likeness (QED) is 0.629. The number of benzene rings is 1. The minimum atomic E-state index is -0.325. The van der Waals surface area contributed by atoms with Gasteiger partial charge in [-0.3, -0.25) is 4.79 Å². The minimum Gasteiger partial charge on any atom is -0.493 e. The maximum Gasteiger partial charge on any atom is 0.283 e. The first-order valence-electron chi connectivity index (χ1n) is 7.25. The van der Waals surface area contributed by atoms with Gasteiger partial charge in [0.15, 0.2) is 5.13 Å². The second-order valence-corrected chi connectivity index (χ2v) is 6.44. The van der Waals surface area contributed by atoms with Crippen LogP contribution in [0.4, 0.5) is 5.13 Å². The number of nitrogens with one attached hydrogen (secondary N) is 1. The zero-order chi connectivity index (χ0) is 16.8. The van der Waals surface area contributed by atoms with Crippen molar-refractivity contribution in [3.05, 3.63) is 40.4 Å². The average molecular weight is 332 g/mol. The average Bonchev–Trinajstić information content (AvgIpc) is 2.85. The number of nitrogens with two attached hydrogens (primary N) is 1. The first-order valence-corrected chi connectivity index (χ1v) is 8.07. The van der Waals surface area contributed by atoms with E-state index < -0.39 is 0 Å². The molecule has 0 radical (unpaired) electrons. The summed E-state index contributed by atoms with van der Waals surface area (Å²) >= 11 is 1.14. The largest absolute Gasteiger partial charge is 0.493 e. The molecule has 122 valence electrons. The van der Waals surface area contributed by atoms with Crippen LogP contribution in [0.25, 0.3) is 0 Å². The van der Waals surface area contributed by atoms with Crippen molar-refractivity contribution in [2.45, 2.75) is 20.8 Å². The summed E-state index contributed by atoms with van der Waals surface area (Å²) in [6.45, 7) is 6.52. The predicted octanol–water partition coefficient (Wildman–Crippen LogP) is 2.83. The van der Waals surface area contributed by atoms with Gasteiger partial charge < -0.3 is 10.5 Å². The maximum absolute atomic E-state index is 12.0. The van der Waals surface area contributed by atoms with Gasteiger partial charge >= 0.3 is 0 Å². The summed E-state index contributed by atoms with van der Waals surface area (Å²) in [5.74, 6) is 0.838. The van der Waals surface area contributed by atoms with Gasteiger partial charge in [0.05, 0.1) is 18.5 Å². The molecule has 1 heterocycles. The molecule has 7 heteroatoms. The van der Waals surface area contributed by atoms with Crippen LogP contribution in [0.3, 0.4) is 0 Å². The fraction of sp³-hybridized carbons (Fsp3) is 0.312. The number of nitrogen functional groups attached to an aromatic ring is 1. The number of amides is 1. The fourth-order valence-electron chi connectivity index (χ4n) is 1.81. The number of hydrogen-bond donors (Lipinski definition) is 2. The number of anilines is 1. The summed E-state index contributed by atoms with van der Waals surface area (Å²) in [5, 5.41) is 4.35. The molecule has 0 saturated heterocycles. The molecule has 0 saturated carbocycles. The van der Waals surface area contributed by atoms with Gasteiger partial charge in [0.25, 0.3) is 5.91 Å². The molecular weight excluding hydrogens is 312 g/mol. The number of hydrazone groups is 1. The van der Waals surface area contributed by atoms with Gasteiger partial charge in [-0.25, -0.2) is 10.4 Å². The molecule has 3 N–H and O–H groups in total. The molecule has 0 unspecified atom stereocenters. The van der Waals surface area contributed by atoms with E-state index in [1.54, 1.807) is 13.1 Å². The van der Waals surface area contributed by atoms with E-state index in [2.05, 4.69) is 29.4 Å². The van der Waals surface area contributed by atoms with Gasteiger partial charge in [-0.1, -0.05) is 37.3 Å². The molecular formula is C16H20N4O2S. The second kappa shape index (κ2) is 7.73. The van der Waals surface area contributed by atoms with Gasteiger partial charge in [-0.15, -0.1) is 0 Å². The zero-order valence-electron chi connectivity index (χ0n) is 13.4. The van der Waals surface area contributed by atoms with Crippen molar-refractivity contribution in [1.82, 2.24) is 10.4 Å². The Morgan fingerprint density at radius 1 is 1.48 bits per heavy atom.